The third-order valence-electron chi connectivity index (χ3n) is 4.94. The van der Waals surface area contributed by atoms with Gasteiger partial charge < -0.3 is 19.7 Å². The Bertz CT molecular complexity index is 1080. The number of aromatic amines is 2. The SMILES string of the molecule is COC(=O)C[C@H](c1ccc(C(=O)O)cc1)c1c(Cc2ccc(OC)cc2)[nH][nH]c1=O. The Hall–Kier alpha value is -3.81. The topological polar surface area (TPSA) is 121 Å². The lowest BCUT2D eigenvalue weighted by molar-refractivity contribution is -0.140. The molecule has 8 nitrogen and oxygen atoms in total. The van der Waals surface area contributed by atoms with Crippen molar-refractivity contribution in [2.45, 2.75) is 18.8 Å². The first-order chi connectivity index (χ1) is 14.4. The van der Waals surface area contributed by atoms with Crippen LogP contribution in [-0.2, 0) is 16.0 Å². The molecule has 0 amide bonds. The fourth-order valence-electron chi connectivity index (χ4n) is 3.35. The number of ether oxygens (including phenoxy) is 2. The van der Waals surface area contributed by atoms with Crippen molar-refractivity contribution < 1.29 is 24.2 Å². The van der Waals surface area contributed by atoms with Crippen LogP contribution in [0.5, 0.6) is 5.75 Å². The predicted molar refractivity (Wildman–Crippen MR) is 109 cm³/mol. The maximum Gasteiger partial charge on any atom is 0.335 e. The highest BCUT2D eigenvalue weighted by Gasteiger charge is 2.26. The summed E-state index contributed by atoms with van der Waals surface area (Å²) in [6.45, 7) is 0. The van der Waals surface area contributed by atoms with Crippen LogP contribution < -0.4 is 10.3 Å². The van der Waals surface area contributed by atoms with Crippen LogP contribution in [0.25, 0.3) is 0 Å². The lowest BCUT2D eigenvalue weighted by Crippen LogP contribution is -2.18. The number of hydrogen-bond donors (Lipinski definition) is 3. The van der Waals surface area contributed by atoms with Gasteiger partial charge in [-0.25, -0.2) is 4.79 Å². The van der Waals surface area contributed by atoms with E-state index in [2.05, 4.69) is 10.2 Å². The zero-order valence-corrected chi connectivity index (χ0v) is 16.6. The van der Waals surface area contributed by atoms with Crippen molar-refractivity contribution in [2.24, 2.45) is 0 Å². The number of carbonyl (C=O) groups is 2. The van der Waals surface area contributed by atoms with E-state index in [0.29, 0.717) is 23.2 Å². The summed E-state index contributed by atoms with van der Waals surface area (Å²) in [6, 6.07) is 13.6. The first-order valence-electron chi connectivity index (χ1n) is 9.25. The second kappa shape index (κ2) is 9.13. The predicted octanol–water partition coefficient (Wildman–Crippen LogP) is 2.70. The average molecular weight is 410 g/mol. The van der Waals surface area contributed by atoms with Crippen molar-refractivity contribution in [3.8, 4) is 5.75 Å². The summed E-state index contributed by atoms with van der Waals surface area (Å²) < 4.78 is 9.99. The summed E-state index contributed by atoms with van der Waals surface area (Å²) in [5, 5.41) is 14.6. The van der Waals surface area contributed by atoms with E-state index in [4.69, 9.17) is 14.6 Å². The van der Waals surface area contributed by atoms with Gasteiger partial charge in [0, 0.05) is 23.6 Å². The fraction of sp³-hybridized carbons (Fsp3) is 0.227. The minimum atomic E-state index is -1.05. The maximum absolute atomic E-state index is 12.6. The van der Waals surface area contributed by atoms with E-state index >= 15 is 0 Å². The van der Waals surface area contributed by atoms with Crippen LogP contribution in [0.1, 0.15) is 45.1 Å². The van der Waals surface area contributed by atoms with Crippen LogP contribution >= 0.6 is 0 Å². The van der Waals surface area contributed by atoms with Gasteiger partial charge in [0.2, 0.25) is 0 Å². The lowest BCUT2D eigenvalue weighted by Gasteiger charge is -2.16. The monoisotopic (exact) mass is 410 g/mol. The Morgan fingerprint density at radius 3 is 2.23 bits per heavy atom. The molecular formula is C22H22N2O6. The number of rotatable bonds is 8. The summed E-state index contributed by atoms with van der Waals surface area (Å²) in [5.74, 6) is -1.39. The van der Waals surface area contributed by atoms with E-state index in [1.54, 1.807) is 19.2 Å². The molecule has 1 heterocycles. The molecule has 8 heteroatoms. The van der Waals surface area contributed by atoms with Crippen molar-refractivity contribution in [3.05, 3.63) is 86.8 Å². The Kier molecular flexibility index (Phi) is 6.36. The van der Waals surface area contributed by atoms with Crippen molar-refractivity contribution in [3.63, 3.8) is 0 Å². The van der Waals surface area contributed by atoms with Gasteiger partial charge in [0.05, 0.1) is 26.2 Å². The number of aromatic carboxylic acids is 1. The number of esters is 1. The number of carboxylic acid groups (broad SMARTS) is 1. The smallest absolute Gasteiger partial charge is 0.335 e. The summed E-state index contributed by atoms with van der Waals surface area (Å²) in [4.78, 5) is 35.9. The van der Waals surface area contributed by atoms with E-state index in [1.165, 1.54) is 19.2 Å². The number of carboxylic acids is 1. The van der Waals surface area contributed by atoms with Gasteiger partial charge in [0.1, 0.15) is 5.75 Å². The standard InChI is InChI=1S/C22H22N2O6/c1-29-16-9-3-13(4-10-16)11-18-20(21(26)24-23-18)17(12-19(25)30-2)14-5-7-15(8-6-14)22(27)28/h3-10,17H,11-12H2,1-2H3,(H,27,28)(H2,23,24,26)/t17-/m1/s1. The van der Waals surface area contributed by atoms with E-state index in [0.717, 1.165) is 11.3 Å². The van der Waals surface area contributed by atoms with Crippen molar-refractivity contribution in [1.29, 1.82) is 0 Å². The van der Waals surface area contributed by atoms with E-state index < -0.39 is 17.9 Å². The molecule has 0 saturated carbocycles. The lowest BCUT2D eigenvalue weighted by atomic mass is 9.87. The number of nitrogens with one attached hydrogen (secondary N) is 2. The molecule has 3 aromatic rings. The minimum absolute atomic E-state index is 0.0561. The van der Waals surface area contributed by atoms with Gasteiger partial charge in [-0.1, -0.05) is 24.3 Å². The maximum atomic E-state index is 12.6. The molecule has 0 saturated heterocycles. The van der Waals surface area contributed by atoms with Gasteiger partial charge in [0.15, 0.2) is 0 Å². The van der Waals surface area contributed by atoms with E-state index in [9.17, 15) is 14.4 Å². The molecule has 0 radical (unpaired) electrons. The highest BCUT2D eigenvalue weighted by Crippen LogP contribution is 2.29. The number of carbonyl (C=O) groups excluding carboxylic acids is 1. The van der Waals surface area contributed by atoms with Crippen LogP contribution in [0.15, 0.2) is 53.3 Å². The molecule has 30 heavy (non-hydrogen) atoms. The average Bonchev–Trinajstić information content (AvgIpc) is 3.12. The zero-order valence-electron chi connectivity index (χ0n) is 16.6. The third-order valence-corrected chi connectivity index (χ3v) is 4.94. The van der Waals surface area contributed by atoms with Crippen molar-refractivity contribution >= 4 is 11.9 Å². The number of benzene rings is 2. The molecule has 1 aromatic heterocycles. The molecule has 0 unspecified atom stereocenters. The molecular weight excluding hydrogens is 388 g/mol. The van der Waals surface area contributed by atoms with Gasteiger partial charge >= 0.3 is 11.9 Å². The molecule has 0 spiro atoms. The molecule has 3 N–H and O–H groups in total. The van der Waals surface area contributed by atoms with Gasteiger partial charge in [0.25, 0.3) is 5.56 Å². The molecule has 0 aliphatic heterocycles. The number of H-pyrrole nitrogens is 2. The van der Waals surface area contributed by atoms with Crippen molar-refractivity contribution in [1.82, 2.24) is 10.2 Å². The molecule has 0 bridgehead atoms. The van der Waals surface area contributed by atoms with E-state index in [-0.39, 0.29) is 17.5 Å². The van der Waals surface area contributed by atoms with Crippen LogP contribution in [0.3, 0.4) is 0 Å². The first kappa shape index (κ1) is 20.9. The second-order valence-electron chi connectivity index (χ2n) is 6.76. The highest BCUT2D eigenvalue weighted by atomic mass is 16.5. The molecule has 156 valence electrons. The molecule has 0 aliphatic carbocycles. The molecule has 1 atom stereocenters. The van der Waals surface area contributed by atoms with Gasteiger partial charge in [-0.05, 0) is 35.4 Å². The summed E-state index contributed by atoms with van der Waals surface area (Å²) in [5.41, 5.74) is 2.43. The molecule has 0 aliphatic rings. The number of hydrogen-bond acceptors (Lipinski definition) is 5. The second-order valence-corrected chi connectivity index (χ2v) is 6.76. The Morgan fingerprint density at radius 2 is 1.67 bits per heavy atom. The quantitative estimate of drug-likeness (QED) is 0.491. The summed E-state index contributed by atoms with van der Waals surface area (Å²) in [7, 11) is 2.87. The Labute approximate surface area is 172 Å². The number of aromatic nitrogens is 2. The van der Waals surface area contributed by atoms with Gasteiger partial charge in [-0.3, -0.25) is 14.7 Å². The summed E-state index contributed by atoms with van der Waals surface area (Å²) >= 11 is 0. The zero-order chi connectivity index (χ0) is 21.7. The van der Waals surface area contributed by atoms with E-state index in [1.807, 2.05) is 24.3 Å². The number of methoxy groups -OCH3 is 2. The normalized spacial score (nSPS) is 11.7. The first-order valence-corrected chi connectivity index (χ1v) is 9.25. The Balaban J connectivity index is 2.00. The Morgan fingerprint density at radius 1 is 1.00 bits per heavy atom. The van der Waals surface area contributed by atoms with Crippen LogP contribution in [-0.4, -0.2) is 41.5 Å². The van der Waals surface area contributed by atoms with Gasteiger partial charge in [-0.2, -0.15) is 0 Å². The highest BCUT2D eigenvalue weighted by molar-refractivity contribution is 5.87. The van der Waals surface area contributed by atoms with Gasteiger partial charge in [-0.15, -0.1) is 0 Å². The molecule has 3 rings (SSSR count). The molecule has 0 fully saturated rings. The molecule has 2 aromatic carbocycles. The fourth-order valence-corrected chi connectivity index (χ4v) is 3.35. The van der Waals surface area contributed by atoms with Crippen molar-refractivity contribution in [2.75, 3.05) is 14.2 Å². The van der Waals surface area contributed by atoms with Crippen LogP contribution in [0, 0.1) is 0 Å². The summed E-state index contributed by atoms with van der Waals surface area (Å²) in [6.07, 6.45) is 0.377. The van der Waals surface area contributed by atoms with Crippen LogP contribution in [0.4, 0.5) is 0 Å². The third kappa shape index (κ3) is 4.60. The van der Waals surface area contributed by atoms with Crippen LogP contribution in [0.2, 0.25) is 0 Å². The largest absolute Gasteiger partial charge is 0.497 e. The minimum Gasteiger partial charge on any atom is -0.497 e.